The Hall–Kier alpha value is -1.43. The summed E-state index contributed by atoms with van der Waals surface area (Å²) in [6.07, 6.45) is 5.20. The van der Waals surface area contributed by atoms with E-state index in [0.717, 1.165) is 11.6 Å². The second-order valence-corrected chi connectivity index (χ2v) is 4.63. The number of aryl methyl sites for hydroxylation is 3. The van der Waals surface area contributed by atoms with E-state index in [1.54, 1.807) is 10.8 Å². The quantitative estimate of drug-likeness (QED) is 0.863. The zero-order valence-electron chi connectivity index (χ0n) is 9.72. The number of rotatable bonds is 3. The second-order valence-electron chi connectivity index (χ2n) is 3.78. The Morgan fingerprint density at radius 1 is 1.24 bits per heavy atom. The number of halogens is 1. The van der Waals surface area contributed by atoms with Gasteiger partial charge in [0.1, 0.15) is 16.1 Å². The fourth-order valence-electron chi connectivity index (χ4n) is 1.66. The van der Waals surface area contributed by atoms with Crippen molar-refractivity contribution in [2.75, 3.05) is 0 Å². The molecule has 0 amide bonds. The molecule has 90 valence electrons. The molecule has 5 nitrogen and oxygen atoms in total. The molecule has 2 heterocycles. The Labute approximate surface area is 107 Å². The van der Waals surface area contributed by atoms with Gasteiger partial charge in [-0.1, -0.05) is 0 Å². The van der Waals surface area contributed by atoms with Crippen LogP contribution in [0.1, 0.15) is 11.6 Å². The molecule has 0 aliphatic heterocycles. The van der Waals surface area contributed by atoms with Crippen LogP contribution in [0, 0.1) is 13.8 Å². The van der Waals surface area contributed by atoms with Crippen molar-refractivity contribution in [2.45, 2.75) is 26.9 Å². The molecular weight excluding hydrogens is 284 g/mol. The third kappa shape index (κ3) is 2.46. The lowest BCUT2D eigenvalue weighted by Gasteiger charge is -2.10. The minimum atomic E-state index is -0.0460. The van der Waals surface area contributed by atoms with E-state index in [9.17, 15) is 4.79 Å². The lowest BCUT2D eigenvalue weighted by atomic mass is 10.5. The first kappa shape index (κ1) is 12.0. The first-order valence-electron chi connectivity index (χ1n) is 5.29. The molecule has 0 spiro atoms. The predicted molar refractivity (Wildman–Crippen MR) is 67.9 cm³/mol. The lowest BCUT2D eigenvalue weighted by Crippen LogP contribution is -2.26. The van der Waals surface area contributed by atoms with Crippen molar-refractivity contribution in [2.24, 2.45) is 0 Å². The third-order valence-electron chi connectivity index (χ3n) is 2.69. The zero-order valence-corrected chi connectivity index (χ0v) is 11.3. The van der Waals surface area contributed by atoms with Gasteiger partial charge < -0.3 is 4.57 Å². The van der Waals surface area contributed by atoms with Crippen LogP contribution in [0.3, 0.4) is 0 Å². The van der Waals surface area contributed by atoms with Gasteiger partial charge in [0.05, 0.1) is 0 Å². The molecule has 6 heteroatoms. The van der Waals surface area contributed by atoms with Crippen LogP contribution < -0.4 is 5.56 Å². The molecule has 0 aliphatic carbocycles. The topological polar surface area (TPSA) is 52.7 Å². The van der Waals surface area contributed by atoms with Crippen LogP contribution >= 0.6 is 15.9 Å². The van der Waals surface area contributed by atoms with E-state index in [4.69, 9.17) is 0 Å². The van der Waals surface area contributed by atoms with Crippen LogP contribution in [0.15, 0.2) is 27.9 Å². The fourth-order valence-corrected chi connectivity index (χ4v) is 1.98. The zero-order chi connectivity index (χ0) is 12.4. The minimum Gasteiger partial charge on any atom is -0.333 e. The van der Waals surface area contributed by atoms with Crippen molar-refractivity contribution in [3.63, 3.8) is 0 Å². The van der Waals surface area contributed by atoms with Crippen molar-refractivity contribution in [3.8, 4) is 0 Å². The predicted octanol–water partition coefficient (Wildman–Crippen LogP) is 1.52. The molecule has 0 bridgehead atoms. The number of nitrogens with zero attached hydrogens (tertiary/aromatic N) is 4. The van der Waals surface area contributed by atoms with Crippen LogP contribution in [0.25, 0.3) is 0 Å². The minimum absolute atomic E-state index is 0.0460. The van der Waals surface area contributed by atoms with Crippen LogP contribution in [0.4, 0.5) is 0 Å². The monoisotopic (exact) mass is 296 g/mol. The first-order chi connectivity index (χ1) is 8.09. The van der Waals surface area contributed by atoms with E-state index in [1.807, 2.05) is 24.6 Å². The summed E-state index contributed by atoms with van der Waals surface area (Å²) in [6.45, 7) is 5.07. The largest absolute Gasteiger partial charge is 0.333 e. The highest BCUT2D eigenvalue weighted by atomic mass is 79.9. The Morgan fingerprint density at radius 3 is 2.65 bits per heavy atom. The van der Waals surface area contributed by atoms with Gasteiger partial charge in [-0.2, -0.15) is 0 Å². The Morgan fingerprint density at radius 2 is 2.00 bits per heavy atom. The maximum atomic E-state index is 11.9. The molecule has 2 rings (SSSR count). The van der Waals surface area contributed by atoms with E-state index < -0.39 is 0 Å². The van der Waals surface area contributed by atoms with E-state index in [2.05, 4.69) is 25.9 Å². The van der Waals surface area contributed by atoms with Crippen LogP contribution in [0.5, 0.6) is 0 Å². The molecule has 0 aliphatic rings. The van der Waals surface area contributed by atoms with Crippen molar-refractivity contribution in [1.29, 1.82) is 0 Å². The van der Waals surface area contributed by atoms with Gasteiger partial charge in [-0.25, -0.2) is 9.97 Å². The Kier molecular flexibility index (Phi) is 3.42. The summed E-state index contributed by atoms with van der Waals surface area (Å²) >= 11 is 3.20. The second kappa shape index (κ2) is 4.83. The first-order valence-corrected chi connectivity index (χ1v) is 6.08. The number of hydrogen-bond acceptors (Lipinski definition) is 3. The number of aromatic nitrogens is 4. The van der Waals surface area contributed by atoms with Crippen molar-refractivity contribution < 1.29 is 0 Å². The van der Waals surface area contributed by atoms with Crippen molar-refractivity contribution in [3.05, 3.63) is 45.1 Å². The summed E-state index contributed by atoms with van der Waals surface area (Å²) in [5.41, 5.74) is -0.0460. The highest BCUT2D eigenvalue weighted by molar-refractivity contribution is 9.10. The summed E-state index contributed by atoms with van der Waals surface area (Å²) in [5, 5.41) is 0. The molecule has 2 aromatic heterocycles. The van der Waals surface area contributed by atoms with Gasteiger partial charge in [0, 0.05) is 31.7 Å². The summed E-state index contributed by atoms with van der Waals surface area (Å²) in [7, 11) is 0. The standard InChI is InChI=1S/C11H13BrN4O/c1-8-13-3-4-15(8)5-6-16-9(2)14-7-10(12)11(16)17/h3-4,7H,5-6H2,1-2H3. The normalized spacial score (nSPS) is 10.8. The molecule has 0 saturated heterocycles. The molecule has 0 saturated carbocycles. The van der Waals surface area contributed by atoms with Gasteiger partial charge in [-0.05, 0) is 29.8 Å². The maximum absolute atomic E-state index is 11.9. The van der Waals surface area contributed by atoms with Crippen LogP contribution in [-0.4, -0.2) is 19.1 Å². The molecule has 2 aromatic rings. The smallest absolute Gasteiger partial charge is 0.267 e. The molecule has 0 radical (unpaired) electrons. The van der Waals surface area contributed by atoms with Crippen LogP contribution in [0.2, 0.25) is 0 Å². The van der Waals surface area contributed by atoms with Gasteiger partial charge in [0.25, 0.3) is 5.56 Å². The average Bonchev–Trinajstić information content (AvgIpc) is 2.70. The van der Waals surface area contributed by atoms with Gasteiger partial charge in [0.2, 0.25) is 0 Å². The van der Waals surface area contributed by atoms with Crippen molar-refractivity contribution in [1.82, 2.24) is 19.1 Å². The maximum Gasteiger partial charge on any atom is 0.267 e. The molecule has 0 fully saturated rings. The van der Waals surface area contributed by atoms with Gasteiger partial charge >= 0.3 is 0 Å². The van der Waals surface area contributed by atoms with E-state index in [0.29, 0.717) is 17.6 Å². The van der Waals surface area contributed by atoms with E-state index in [-0.39, 0.29) is 5.56 Å². The third-order valence-corrected chi connectivity index (χ3v) is 3.24. The molecule has 17 heavy (non-hydrogen) atoms. The molecule has 0 aromatic carbocycles. The van der Waals surface area contributed by atoms with E-state index in [1.165, 1.54) is 6.20 Å². The van der Waals surface area contributed by atoms with Gasteiger partial charge in [0.15, 0.2) is 0 Å². The Balaban J connectivity index is 2.23. The summed E-state index contributed by atoms with van der Waals surface area (Å²) in [6, 6.07) is 0. The molecule has 0 atom stereocenters. The summed E-state index contributed by atoms with van der Waals surface area (Å²) < 4.78 is 4.15. The average molecular weight is 297 g/mol. The van der Waals surface area contributed by atoms with Gasteiger partial charge in [-0.3, -0.25) is 9.36 Å². The fraction of sp³-hybridized carbons (Fsp3) is 0.364. The molecular formula is C11H13BrN4O. The summed E-state index contributed by atoms with van der Waals surface area (Å²) in [5.74, 6) is 1.66. The lowest BCUT2D eigenvalue weighted by molar-refractivity contribution is 0.535. The van der Waals surface area contributed by atoms with Crippen LogP contribution in [-0.2, 0) is 13.1 Å². The Bertz CT molecular complexity index is 587. The number of imidazole rings is 1. The molecule has 0 unspecified atom stereocenters. The SMILES string of the molecule is Cc1nccn1CCn1c(C)ncc(Br)c1=O. The van der Waals surface area contributed by atoms with Gasteiger partial charge in [-0.15, -0.1) is 0 Å². The number of hydrogen-bond donors (Lipinski definition) is 0. The summed E-state index contributed by atoms with van der Waals surface area (Å²) in [4.78, 5) is 20.2. The highest BCUT2D eigenvalue weighted by Gasteiger charge is 2.05. The van der Waals surface area contributed by atoms with Crippen molar-refractivity contribution >= 4 is 15.9 Å². The molecule has 0 N–H and O–H groups in total. The highest BCUT2D eigenvalue weighted by Crippen LogP contribution is 2.02. The van der Waals surface area contributed by atoms with E-state index >= 15 is 0 Å².